The lowest BCUT2D eigenvalue weighted by Gasteiger charge is -2.43. The minimum atomic E-state index is 0. The molecule has 1 aromatic rings. The Kier molecular flexibility index (Phi) is 8.33. The van der Waals surface area contributed by atoms with Gasteiger partial charge in [0.2, 0.25) is 0 Å². The highest BCUT2D eigenvalue weighted by Gasteiger charge is 2.34. The van der Waals surface area contributed by atoms with Crippen molar-refractivity contribution in [1.82, 2.24) is 10.2 Å². The van der Waals surface area contributed by atoms with Gasteiger partial charge in [-0.3, -0.25) is 4.90 Å². The monoisotopic (exact) mass is 414 g/mol. The standard InChI is InChI=1S/C15H20BrClN2.2ClH/c16-14-10-12(17)4-5-13(14)15(11-2-1-3-11)19-8-6-18-7-9-19;;/h4-5,10-11,15,18H,1-3,6-9H2;2*1H/t15-;;/m0../s1. The number of piperazine rings is 1. The van der Waals surface area contributed by atoms with Crippen molar-refractivity contribution in [2.24, 2.45) is 5.92 Å². The van der Waals surface area contributed by atoms with Crippen molar-refractivity contribution in [2.45, 2.75) is 25.3 Å². The van der Waals surface area contributed by atoms with Crippen LogP contribution >= 0.6 is 52.3 Å². The second-order valence-corrected chi connectivity index (χ2v) is 6.88. The fourth-order valence-corrected chi connectivity index (χ4v) is 4.12. The summed E-state index contributed by atoms with van der Waals surface area (Å²) in [6.07, 6.45) is 4.12. The molecule has 1 heterocycles. The van der Waals surface area contributed by atoms with Crippen molar-refractivity contribution in [1.29, 1.82) is 0 Å². The summed E-state index contributed by atoms with van der Waals surface area (Å²) in [5, 5.41) is 4.25. The molecule has 1 aromatic carbocycles. The molecule has 0 aromatic heterocycles. The van der Waals surface area contributed by atoms with Crippen LogP contribution in [0.5, 0.6) is 0 Å². The van der Waals surface area contributed by atoms with Crippen LogP contribution in [0.2, 0.25) is 5.02 Å². The van der Waals surface area contributed by atoms with E-state index < -0.39 is 0 Å². The SMILES string of the molecule is Cl.Cl.Clc1ccc([C@H](C2CCC2)N2CCNCC2)c(Br)c1. The van der Waals surface area contributed by atoms with Gasteiger partial charge in [0.1, 0.15) is 0 Å². The van der Waals surface area contributed by atoms with Gasteiger partial charge in [-0.05, 0) is 36.5 Å². The van der Waals surface area contributed by atoms with Crippen molar-refractivity contribution in [3.8, 4) is 0 Å². The number of rotatable bonds is 3. The Morgan fingerprint density at radius 1 is 1.19 bits per heavy atom. The lowest BCUT2D eigenvalue weighted by molar-refractivity contribution is 0.0832. The molecule has 0 bridgehead atoms. The first-order valence-corrected chi connectivity index (χ1v) is 8.32. The number of hydrogen-bond donors (Lipinski definition) is 1. The largest absolute Gasteiger partial charge is 0.314 e. The molecule has 2 aliphatic rings. The molecule has 2 fully saturated rings. The smallest absolute Gasteiger partial charge is 0.0417 e. The number of benzene rings is 1. The van der Waals surface area contributed by atoms with Crippen LogP contribution in [0.3, 0.4) is 0 Å². The highest BCUT2D eigenvalue weighted by atomic mass is 79.9. The Morgan fingerprint density at radius 2 is 1.86 bits per heavy atom. The molecule has 3 rings (SSSR count). The molecule has 120 valence electrons. The molecule has 1 atom stereocenters. The third-order valence-corrected chi connectivity index (χ3v) is 5.34. The van der Waals surface area contributed by atoms with Crippen LogP contribution in [-0.2, 0) is 0 Å². The first-order chi connectivity index (χ1) is 9.25. The molecule has 1 saturated carbocycles. The summed E-state index contributed by atoms with van der Waals surface area (Å²) in [6, 6.07) is 6.82. The van der Waals surface area contributed by atoms with Crippen LogP contribution in [0, 0.1) is 5.92 Å². The summed E-state index contributed by atoms with van der Waals surface area (Å²) in [5.74, 6) is 0.815. The van der Waals surface area contributed by atoms with E-state index in [-0.39, 0.29) is 24.8 Å². The van der Waals surface area contributed by atoms with Gasteiger partial charge in [-0.15, -0.1) is 24.8 Å². The maximum atomic E-state index is 6.08. The molecule has 1 aliphatic carbocycles. The van der Waals surface area contributed by atoms with Crippen molar-refractivity contribution in [3.05, 3.63) is 33.3 Å². The third-order valence-electron chi connectivity index (χ3n) is 4.42. The number of hydrogen-bond acceptors (Lipinski definition) is 2. The topological polar surface area (TPSA) is 15.3 Å². The summed E-state index contributed by atoms with van der Waals surface area (Å²) in [6.45, 7) is 4.51. The van der Waals surface area contributed by atoms with E-state index in [4.69, 9.17) is 11.6 Å². The van der Waals surface area contributed by atoms with Crippen LogP contribution < -0.4 is 5.32 Å². The molecule has 1 N–H and O–H groups in total. The van der Waals surface area contributed by atoms with Gasteiger partial charge in [0.25, 0.3) is 0 Å². The second kappa shape index (κ2) is 8.95. The molecule has 0 amide bonds. The number of nitrogens with one attached hydrogen (secondary N) is 1. The maximum Gasteiger partial charge on any atom is 0.0417 e. The van der Waals surface area contributed by atoms with E-state index >= 15 is 0 Å². The Hall–Kier alpha value is 0.490. The summed E-state index contributed by atoms with van der Waals surface area (Å²) in [5.41, 5.74) is 1.41. The molecule has 1 saturated heterocycles. The molecule has 21 heavy (non-hydrogen) atoms. The fraction of sp³-hybridized carbons (Fsp3) is 0.600. The summed E-state index contributed by atoms with van der Waals surface area (Å²) in [4.78, 5) is 2.65. The van der Waals surface area contributed by atoms with Gasteiger partial charge in [0.05, 0.1) is 0 Å². The van der Waals surface area contributed by atoms with Crippen LogP contribution in [-0.4, -0.2) is 31.1 Å². The van der Waals surface area contributed by atoms with Gasteiger partial charge in [-0.2, -0.15) is 0 Å². The highest BCUT2D eigenvalue weighted by molar-refractivity contribution is 9.10. The minimum Gasteiger partial charge on any atom is -0.314 e. The molecule has 6 heteroatoms. The first kappa shape index (κ1) is 19.5. The van der Waals surface area contributed by atoms with Crippen molar-refractivity contribution < 1.29 is 0 Å². The molecule has 0 radical (unpaired) electrons. The van der Waals surface area contributed by atoms with E-state index in [9.17, 15) is 0 Å². The van der Waals surface area contributed by atoms with E-state index in [1.807, 2.05) is 12.1 Å². The van der Waals surface area contributed by atoms with Crippen LogP contribution in [0.1, 0.15) is 30.9 Å². The van der Waals surface area contributed by atoms with E-state index in [1.165, 1.54) is 24.8 Å². The zero-order valence-corrected chi connectivity index (χ0v) is 15.8. The molecular formula is C15H22BrCl3N2. The van der Waals surface area contributed by atoms with Crippen LogP contribution in [0.25, 0.3) is 0 Å². The van der Waals surface area contributed by atoms with E-state index in [0.717, 1.165) is 41.6 Å². The minimum absolute atomic E-state index is 0. The summed E-state index contributed by atoms with van der Waals surface area (Å²) >= 11 is 9.79. The van der Waals surface area contributed by atoms with E-state index in [1.54, 1.807) is 0 Å². The molecule has 0 unspecified atom stereocenters. The zero-order valence-electron chi connectivity index (χ0n) is 11.9. The average molecular weight is 417 g/mol. The van der Waals surface area contributed by atoms with Gasteiger partial charge >= 0.3 is 0 Å². The predicted octanol–water partition coefficient (Wildman–Crippen LogP) is 4.69. The highest BCUT2D eigenvalue weighted by Crippen LogP contribution is 2.43. The van der Waals surface area contributed by atoms with Gasteiger partial charge in [-0.1, -0.05) is 40.0 Å². The lowest BCUT2D eigenvalue weighted by Crippen LogP contribution is -2.47. The average Bonchev–Trinajstić information content (AvgIpc) is 2.35. The predicted molar refractivity (Wildman–Crippen MR) is 98.2 cm³/mol. The van der Waals surface area contributed by atoms with Crippen molar-refractivity contribution >= 4 is 52.3 Å². The van der Waals surface area contributed by atoms with Crippen LogP contribution in [0.15, 0.2) is 22.7 Å². The Balaban J connectivity index is 0.00000110. The third kappa shape index (κ3) is 4.49. The van der Waals surface area contributed by atoms with Crippen LogP contribution in [0.4, 0.5) is 0 Å². The number of halogens is 4. The fourth-order valence-electron chi connectivity index (χ4n) is 3.21. The molecule has 0 spiro atoms. The zero-order chi connectivity index (χ0) is 13.2. The Bertz CT molecular complexity index is 449. The quantitative estimate of drug-likeness (QED) is 0.769. The summed E-state index contributed by atoms with van der Waals surface area (Å²) in [7, 11) is 0. The van der Waals surface area contributed by atoms with Crippen molar-refractivity contribution in [3.63, 3.8) is 0 Å². The van der Waals surface area contributed by atoms with Gasteiger partial charge in [0.15, 0.2) is 0 Å². The van der Waals surface area contributed by atoms with Crippen molar-refractivity contribution in [2.75, 3.05) is 26.2 Å². The van der Waals surface area contributed by atoms with E-state index in [2.05, 4.69) is 32.2 Å². The van der Waals surface area contributed by atoms with Gasteiger partial charge in [0, 0.05) is 41.7 Å². The second-order valence-electron chi connectivity index (χ2n) is 5.59. The molecule has 1 aliphatic heterocycles. The Morgan fingerprint density at radius 3 is 2.38 bits per heavy atom. The van der Waals surface area contributed by atoms with Gasteiger partial charge in [-0.25, -0.2) is 0 Å². The number of nitrogens with zero attached hydrogens (tertiary/aromatic N) is 1. The molecular weight excluding hydrogens is 394 g/mol. The molecule has 2 nitrogen and oxygen atoms in total. The normalized spacial score (nSPS) is 20.9. The maximum absolute atomic E-state index is 6.08. The van der Waals surface area contributed by atoms with E-state index in [0.29, 0.717) is 6.04 Å². The summed E-state index contributed by atoms with van der Waals surface area (Å²) < 4.78 is 1.16. The van der Waals surface area contributed by atoms with Gasteiger partial charge < -0.3 is 5.32 Å². The first-order valence-electron chi connectivity index (χ1n) is 7.15. The Labute approximate surface area is 152 Å². The lowest BCUT2D eigenvalue weighted by atomic mass is 9.76.